The molecule has 1 aromatic rings. The van der Waals surface area contributed by atoms with E-state index in [1.54, 1.807) is 0 Å². The zero-order chi connectivity index (χ0) is 14.5. The number of anilines is 1. The SMILES string of the molecule is CNc1ccc(C(=O)N2CCN(CCO)CC2)cc1C. The smallest absolute Gasteiger partial charge is 0.253 e. The molecule has 0 atom stereocenters. The molecule has 0 spiro atoms. The molecule has 0 aliphatic carbocycles. The average Bonchev–Trinajstić information content (AvgIpc) is 2.47. The second-order valence-electron chi connectivity index (χ2n) is 5.14. The summed E-state index contributed by atoms with van der Waals surface area (Å²) in [6.07, 6.45) is 0. The predicted octanol–water partition coefficient (Wildman–Crippen LogP) is 0.787. The molecule has 5 heteroatoms. The van der Waals surface area contributed by atoms with Crippen molar-refractivity contribution in [1.82, 2.24) is 9.80 Å². The van der Waals surface area contributed by atoms with Crippen molar-refractivity contribution in [1.29, 1.82) is 0 Å². The zero-order valence-electron chi connectivity index (χ0n) is 12.2. The average molecular weight is 277 g/mol. The number of hydrogen-bond donors (Lipinski definition) is 2. The first-order valence-corrected chi connectivity index (χ1v) is 7.06. The lowest BCUT2D eigenvalue weighted by atomic mass is 10.1. The summed E-state index contributed by atoms with van der Waals surface area (Å²) in [5, 5.41) is 12.0. The Kier molecular flexibility index (Phi) is 4.98. The van der Waals surface area contributed by atoms with Crippen LogP contribution in [0.15, 0.2) is 18.2 Å². The van der Waals surface area contributed by atoms with Crippen LogP contribution in [-0.2, 0) is 0 Å². The van der Waals surface area contributed by atoms with Gasteiger partial charge in [0.2, 0.25) is 0 Å². The Morgan fingerprint density at radius 3 is 2.55 bits per heavy atom. The van der Waals surface area contributed by atoms with Gasteiger partial charge in [0.25, 0.3) is 5.91 Å². The first kappa shape index (κ1) is 14.8. The Balaban J connectivity index is 2.00. The maximum atomic E-state index is 12.5. The lowest BCUT2D eigenvalue weighted by Crippen LogP contribution is -2.49. The van der Waals surface area contributed by atoms with Crippen molar-refractivity contribution in [2.75, 3.05) is 51.7 Å². The number of aliphatic hydroxyl groups is 1. The van der Waals surface area contributed by atoms with Crippen molar-refractivity contribution in [3.05, 3.63) is 29.3 Å². The van der Waals surface area contributed by atoms with Crippen LogP contribution in [0.3, 0.4) is 0 Å². The van der Waals surface area contributed by atoms with Gasteiger partial charge in [-0.25, -0.2) is 0 Å². The number of nitrogens with one attached hydrogen (secondary N) is 1. The Morgan fingerprint density at radius 1 is 1.30 bits per heavy atom. The van der Waals surface area contributed by atoms with E-state index < -0.39 is 0 Å². The maximum Gasteiger partial charge on any atom is 0.253 e. The number of aryl methyl sites for hydroxylation is 1. The Labute approximate surface area is 120 Å². The minimum atomic E-state index is 0.0967. The number of β-amino-alcohol motifs (C(OH)–C–C–N with tert-alkyl or cyclic N) is 1. The van der Waals surface area contributed by atoms with Crippen LogP contribution < -0.4 is 5.32 Å². The predicted molar refractivity (Wildman–Crippen MR) is 80.2 cm³/mol. The van der Waals surface area contributed by atoms with Crippen LogP contribution in [0.1, 0.15) is 15.9 Å². The van der Waals surface area contributed by atoms with Crippen molar-refractivity contribution in [3.8, 4) is 0 Å². The van der Waals surface area contributed by atoms with Crippen LogP contribution in [0.25, 0.3) is 0 Å². The molecule has 1 aromatic carbocycles. The van der Waals surface area contributed by atoms with E-state index >= 15 is 0 Å². The van der Waals surface area contributed by atoms with Gasteiger partial charge in [-0.15, -0.1) is 0 Å². The van der Waals surface area contributed by atoms with Gasteiger partial charge in [0.15, 0.2) is 0 Å². The molecule has 5 nitrogen and oxygen atoms in total. The van der Waals surface area contributed by atoms with E-state index in [1.165, 1.54) is 0 Å². The summed E-state index contributed by atoms with van der Waals surface area (Å²) in [6, 6.07) is 5.76. The second kappa shape index (κ2) is 6.72. The molecule has 1 aliphatic rings. The fraction of sp³-hybridized carbons (Fsp3) is 0.533. The summed E-state index contributed by atoms with van der Waals surface area (Å²) >= 11 is 0. The molecule has 0 bridgehead atoms. The molecule has 0 saturated carbocycles. The van der Waals surface area contributed by atoms with E-state index in [4.69, 9.17) is 5.11 Å². The number of benzene rings is 1. The van der Waals surface area contributed by atoms with Crippen LogP contribution in [0.4, 0.5) is 5.69 Å². The molecular weight excluding hydrogens is 254 g/mol. The molecule has 110 valence electrons. The molecule has 1 saturated heterocycles. The summed E-state index contributed by atoms with van der Waals surface area (Å²) in [7, 11) is 1.88. The molecule has 1 fully saturated rings. The molecule has 2 rings (SSSR count). The molecular formula is C15H23N3O2. The van der Waals surface area contributed by atoms with Gasteiger partial charge in [0.05, 0.1) is 6.61 Å². The summed E-state index contributed by atoms with van der Waals surface area (Å²) in [5.41, 5.74) is 2.88. The van der Waals surface area contributed by atoms with Gasteiger partial charge in [0.1, 0.15) is 0 Å². The first-order chi connectivity index (χ1) is 9.65. The highest BCUT2D eigenvalue weighted by Gasteiger charge is 2.21. The van der Waals surface area contributed by atoms with Crippen molar-refractivity contribution >= 4 is 11.6 Å². The fourth-order valence-electron chi connectivity index (χ4n) is 2.58. The fourth-order valence-corrected chi connectivity index (χ4v) is 2.58. The molecule has 0 radical (unpaired) electrons. The zero-order valence-corrected chi connectivity index (χ0v) is 12.2. The van der Waals surface area contributed by atoms with Gasteiger partial charge in [-0.3, -0.25) is 9.69 Å². The van der Waals surface area contributed by atoms with Crippen molar-refractivity contribution in [2.24, 2.45) is 0 Å². The van der Waals surface area contributed by atoms with Crippen LogP contribution in [-0.4, -0.2) is 67.2 Å². The molecule has 1 amide bonds. The highest BCUT2D eigenvalue weighted by atomic mass is 16.3. The van der Waals surface area contributed by atoms with Crippen molar-refractivity contribution < 1.29 is 9.90 Å². The largest absolute Gasteiger partial charge is 0.395 e. The quantitative estimate of drug-likeness (QED) is 0.854. The number of amides is 1. The summed E-state index contributed by atoms with van der Waals surface area (Å²) in [4.78, 5) is 16.5. The minimum Gasteiger partial charge on any atom is -0.395 e. The molecule has 20 heavy (non-hydrogen) atoms. The summed E-state index contributed by atoms with van der Waals surface area (Å²) in [5.74, 6) is 0.0967. The third-order valence-electron chi connectivity index (χ3n) is 3.82. The summed E-state index contributed by atoms with van der Waals surface area (Å²) in [6.45, 7) is 6.00. The van der Waals surface area contributed by atoms with E-state index in [-0.39, 0.29) is 12.5 Å². The number of hydrogen-bond acceptors (Lipinski definition) is 4. The highest BCUT2D eigenvalue weighted by molar-refractivity contribution is 5.95. The molecule has 1 heterocycles. The van der Waals surface area contributed by atoms with E-state index in [0.717, 1.165) is 43.0 Å². The van der Waals surface area contributed by atoms with E-state index in [2.05, 4.69) is 10.2 Å². The van der Waals surface area contributed by atoms with Crippen molar-refractivity contribution in [2.45, 2.75) is 6.92 Å². The summed E-state index contributed by atoms with van der Waals surface area (Å²) < 4.78 is 0. The Bertz CT molecular complexity index is 468. The number of carbonyl (C=O) groups excluding carboxylic acids is 1. The third kappa shape index (κ3) is 3.29. The first-order valence-electron chi connectivity index (χ1n) is 7.06. The maximum absolute atomic E-state index is 12.5. The van der Waals surface area contributed by atoms with Crippen LogP contribution in [0, 0.1) is 6.92 Å². The number of carbonyl (C=O) groups is 1. The molecule has 1 aliphatic heterocycles. The second-order valence-corrected chi connectivity index (χ2v) is 5.14. The Hall–Kier alpha value is -1.59. The van der Waals surface area contributed by atoms with Gasteiger partial charge in [0, 0.05) is 51.0 Å². The van der Waals surface area contributed by atoms with Gasteiger partial charge in [-0.05, 0) is 30.7 Å². The molecule has 0 unspecified atom stereocenters. The minimum absolute atomic E-state index is 0.0967. The van der Waals surface area contributed by atoms with E-state index in [1.807, 2.05) is 37.1 Å². The highest BCUT2D eigenvalue weighted by Crippen LogP contribution is 2.17. The van der Waals surface area contributed by atoms with Crippen LogP contribution >= 0.6 is 0 Å². The monoisotopic (exact) mass is 277 g/mol. The standard InChI is InChI=1S/C15H23N3O2/c1-12-11-13(3-4-14(12)16-2)15(20)18-7-5-17(6-8-18)9-10-19/h3-4,11,16,19H,5-10H2,1-2H3. The third-order valence-corrected chi connectivity index (χ3v) is 3.82. The van der Waals surface area contributed by atoms with Crippen LogP contribution in [0.2, 0.25) is 0 Å². The van der Waals surface area contributed by atoms with Crippen LogP contribution in [0.5, 0.6) is 0 Å². The topological polar surface area (TPSA) is 55.8 Å². The van der Waals surface area contributed by atoms with Crippen molar-refractivity contribution in [3.63, 3.8) is 0 Å². The van der Waals surface area contributed by atoms with E-state index in [9.17, 15) is 4.79 Å². The Morgan fingerprint density at radius 2 is 2.00 bits per heavy atom. The lowest BCUT2D eigenvalue weighted by Gasteiger charge is -2.34. The molecule has 2 N–H and O–H groups in total. The van der Waals surface area contributed by atoms with E-state index in [0.29, 0.717) is 6.54 Å². The van der Waals surface area contributed by atoms with Gasteiger partial charge < -0.3 is 15.3 Å². The number of rotatable bonds is 4. The number of aliphatic hydroxyl groups excluding tert-OH is 1. The van der Waals surface area contributed by atoms with Gasteiger partial charge in [-0.1, -0.05) is 0 Å². The lowest BCUT2D eigenvalue weighted by molar-refractivity contribution is 0.0615. The van der Waals surface area contributed by atoms with Gasteiger partial charge >= 0.3 is 0 Å². The normalized spacial score (nSPS) is 16.2. The molecule has 0 aromatic heterocycles. The number of nitrogens with zero attached hydrogens (tertiary/aromatic N) is 2. The van der Waals surface area contributed by atoms with Gasteiger partial charge in [-0.2, -0.15) is 0 Å². The number of piperazine rings is 1.